The van der Waals surface area contributed by atoms with Crippen LogP contribution in [0.3, 0.4) is 0 Å². The Kier molecular flexibility index (Phi) is 7.41. The van der Waals surface area contributed by atoms with Crippen LogP contribution in [-0.4, -0.2) is 59.8 Å². The van der Waals surface area contributed by atoms with E-state index in [1.165, 1.54) is 0 Å². The number of hydrogen-bond donors (Lipinski definition) is 1. The fourth-order valence-electron chi connectivity index (χ4n) is 4.47. The second-order valence-electron chi connectivity index (χ2n) is 8.84. The van der Waals surface area contributed by atoms with Gasteiger partial charge in [0.05, 0.1) is 13.2 Å². The summed E-state index contributed by atoms with van der Waals surface area (Å²) in [6.45, 7) is 3.08. The standard InChI is InChI=1S/C28H28ClN5O2/c29-22-12-10-21(11-13-22)26-23-8-4-5-9-24(23)27(32-31-26)33-14-16-34(17-15-33)28(35)25(30)19-36-18-20-6-2-1-3-7-20/h1-13,25H,14-19,30H2/t25-/m0/s1. The van der Waals surface area contributed by atoms with Gasteiger partial charge in [-0.05, 0) is 17.7 Å². The number of aromatic nitrogens is 2. The van der Waals surface area contributed by atoms with Gasteiger partial charge in [-0.1, -0.05) is 78.3 Å². The summed E-state index contributed by atoms with van der Waals surface area (Å²) in [4.78, 5) is 16.9. The highest BCUT2D eigenvalue weighted by Gasteiger charge is 2.27. The number of rotatable bonds is 7. The molecule has 0 radical (unpaired) electrons. The zero-order valence-corrected chi connectivity index (χ0v) is 20.6. The maximum Gasteiger partial charge on any atom is 0.241 e. The predicted octanol–water partition coefficient (Wildman–Crippen LogP) is 4.14. The third-order valence-electron chi connectivity index (χ3n) is 6.40. The van der Waals surface area contributed by atoms with Crippen molar-refractivity contribution in [2.75, 3.05) is 37.7 Å². The number of nitrogens with two attached hydrogens (primary N) is 1. The molecule has 0 spiro atoms. The monoisotopic (exact) mass is 501 g/mol. The third kappa shape index (κ3) is 5.33. The first kappa shape index (κ1) is 24.2. The number of carbonyl (C=O) groups is 1. The Hall–Kier alpha value is -3.52. The first-order chi connectivity index (χ1) is 17.6. The molecule has 1 fully saturated rings. The van der Waals surface area contributed by atoms with Gasteiger partial charge in [0.25, 0.3) is 0 Å². The second kappa shape index (κ2) is 11.0. The molecule has 1 aromatic heterocycles. The van der Waals surface area contributed by atoms with Crippen LogP contribution in [0.5, 0.6) is 0 Å². The molecule has 1 aliphatic heterocycles. The zero-order chi connectivity index (χ0) is 24.9. The van der Waals surface area contributed by atoms with Gasteiger partial charge in [0, 0.05) is 47.5 Å². The van der Waals surface area contributed by atoms with Gasteiger partial charge in [0.15, 0.2) is 5.82 Å². The Labute approximate surface area is 215 Å². The summed E-state index contributed by atoms with van der Waals surface area (Å²) in [5.41, 5.74) is 9.00. The topological polar surface area (TPSA) is 84.6 Å². The lowest BCUT2D eigenvalue weighted by Gasteiger charge is -2.36. The van der Waals surface area contributed by atoms with Crippen molar-refractivity contribution in [3.63, 3.8) is 0 Å². The van der Waals surface area contributed by atoms with Crippen molar-refractivity contribution in [1.29, 1.82) is 0 Å². The summed E-state index contributed by atoms with van der Waals surface area (Å²) in [6, 6.07) is 24.9. The van der Waals surface area contributed by atoms with Gasteiger partial charge in [-0.3, -0.25) is 4.79 Å². The van der Waals surface area contributed by atoms with Crippen molar-refractivity contribution in [2.24, 2.45) is 5.73 Å². The van der Waals surface area contributed by atoms with Gasteiger partial charge in [-0.2, -0.15) is 0 Å². The second-order valence-corrected chi connectivity index (χ2v) is 9.28. The molecule has 1 aliphatic rings. The molecule has 4 aromatic rings. The van der Waals surface area contributed by atoms with E-state index in [4.69, 9.17) is 22.1 Å². The normalized spacial score (nSPS) is 14.7. The van der Waals surface area contributed by atoms with Crippen molar-refractivity contribution in [1.82, 2.24) is 15.1 Å². The molecule has 5 rings (SSSR count). The van der Waals surface area contributed by atoms with E-state index in [0.717, 1.165) is 33.4 Å². The van der Waals surface area contributed by atoms with Gasteiger partial charge >= 0.3 is 0 Å². The van der Waals surface area contributed by atoms with Gasteiger partial charge in [0.2, 0.25) is 5.91 Å². The quantitative estimate of drug-likeness (QED) is 0.409. The molecule has 0 saturated carbocycles. The Morgan fingerprint density at radius 1 is 0.889 bits per heavy atom. The molecule has 0 bridgehead atoms. The fourth-order valence-corrected chi connectivity index (χ4v) is 4.59. The minimum Gasteiger partial charge on any atom is -0.375 e. The molecule has 2 N–H and O–H groups in total. The number of amides is 1. The number of hydrogen-bond acceptors (Lipinski definition) is 6. The van der Waals surface area contributed by atoms with E-state index in [1.807, 2.05) is 71.6 Å². The lowest BCUT2D eigenvalue weighted by molar-refractivity contribution is -0.134. The van der Waals surface area contributed by atoms with E-state index in [-0.39, 0.29) is 12.5 Å². The molecule has 2 heterocycles. The molecular formula is C28H28ClN5O2. The van der Waals surface area contributed by atoms with Crippen molar-refractivity contribution in [3.8, 4) is 11.3 Å². The molecule has 184 valence electrons. The molecule has 36 heavy (non-hydrogen) atoms. The molecule has 1 amide bonds. The van der Waals surface area contributed by atoms with E-state index < -0.39 is 6.04 Å². The highest BCUT2D eigenvalue weighted by Crippen LogP contribution is 2.32. The van der Waals surface area contributed by atoms with E-state index in [1.54, 1.807) is 0 Å². The van der Waals surface area contributed by atoms with Crippen LogP contribution in [0.2, 0.25) is 5.02 Å². The number of ether oxygens (including phenoxy) is 1. The van der Waals surface area contributed by atoms with Crippen molar-refractivity contribution < 1.29 is 9.53 Å². The lowest BCUT2D eigenvalue weighted by Crippen LogP contribution is -2.54. The molecule has 3 aromatic carbocycles. The summed E-state index contributed by atoms with van der Waals surface area (Å²) < 4.78 is 5.68. The number of nitrogens with zero attached hydrogens (tertiary/aromatic N) is 4. The number of halogens is 1. The first-order valence-electron chi connectivity index (χ1n) is 12.0. The molecule has 1 saturated heterocycles. The van der Waals surface area contributed by atoms with Crippen LogP contribution in [-0.2, 0) is 16.1 Å². The number of benzene rings is 3. The molecule has 7 nitrogen and oxygen atoms in total. The number of anilines is 1. The highest BCUT2D eigenvalue weighted by molar-refractivity contribution is 6.30. The number of piperazine rings is 1. The van der Waals surface area contributed by atoms with Crippen LogP contribution in [0, 0.1) is 0 Å². The predicted molar refractivity (Wildman–Crippen MR) is 143 cm³/mol. The largest absolute Gasteiger partial charge is 0.375 e. The minimum atomic E-state index is -0.681. The molecule has 0 aliphatic carbocycles. The van der Waals surface area contributed by atoms with Crippen LogP contribution in [0.1, 0.15) is 5.56 Å². The molecule has 0 unspecified atom stereocenters. The van der Waals surface area contributed by atoms with Gasteiger partial charge < -0.3 is 20.3 Å². The maximum atomic E-state index is 12.9. The average Bonchev–Trinajstić information content (AvgIpc) is 2.93. The van der Waals surface area contributed by atoms with Gasteiger partial charge in [-0.25, -0.2) is 0 Å². The minimum absolute atomic E-state index is 0.0864. The summed E-state index contributed by atoms with van der Waals surface area (Å²) in [7, 11) is 0. The molecule has 8 heteroatoms. The van der Waals surface area contributed by atoms with Gasteiger partial charge in [-0.15, -0.1) is 10.2 Å². The SMILES string of the molecule is N[C@@H](COCc1ccccc1)C(=O)N1CCN(c2nnc(-c3ccc(Cl)cc3)c3ccccc23)CC1. The summed E-state index contributed by atoms with van der Waals surface area (Å²) in [6.07, 6.45) is 0. The lowest BCUT2D eigenvalue weighted by atomic mass is 10.0. The highest BCUT2D eigenvalue weighted by atomic mass is 35.5. The Morgan fingerprint density at radius 3 is 2.28 bits per heavy atom. The van der Waals surface area contributed by atoms with Crippen molar-refractivity contribution >= 4 is 34.1 Å². The zero-order valence-electron chi connectivity index (χ0n) is 19.9. The molecule has 1 atom stereocenters. The fraction of sp³-hybridized carbons (Fsp3) is 0.250. The summed E-state index contributed by atoms with van der Waals surface area (Å²) >= 11 is 6.06. The van der Waals surface area contributed by atoms with E-state index in [0.29, 0.717) is 37.8 Å². The molecular weight excluding hydrogens is 474 g/mol. The van der Waals surface area contributed by atoms with Crippen LogP contribution < -0.4 is 10.6 Å². The van der Waals surface area contributed by atoms with Crippen molar-refractivity contribution in [3.05, 3.63) is 89.4 Å². The van der Waals surface area contributed by atoms with Crippen LogP contribution in [0.25, 0.3) is 22.0 Å². The van der Waals surface area contributed by atoms with Crippen molar-refractivity contribution in [2.45, 2.75) is 12.6 Å². The Bertz CT molecular complexity index is 1330. The average molecular weight is 502 g/mol. The van der Waals surface area contributed by atoms with Crippen LogP contribution >= 0.6 is 11.6 Å². The Morgan fingerprint density at radius 2 is 1.56 bits per heavy atom. The third-order valence-corrected chi connectivity index (χ3v) is 6.65. The van der Waals surface area contributed by atoms with Crippen LogP contribution in [0.15, 0.2) is 78.9 Å². The van der Waals surface area contributed by atoms with E-state index in [9.17, 15) is 4.79 Å². The number of carbonyl (C=O) groups excluding carboxylic acids is 1. The summed E-state index contributed by atoms with van der Waals surface area (Å²) in [5, 5.41) is 11.9. The maximum absolute atomic E-state index is 12.9. The number of fused-ring (bicyclic) bond motifs is 1. The smallest absolute Gasteiger partial charge is 0.241 e. The van der Waals surface area contributed by atoms with Crippen LogP contribution in [0.4, 0.5) is 5.82 Å². The van der Waals surface area contributed by atoms with Gasteiger partial charge in [0.1, 0.15) is 11.7 Å². The first-order valence-corrected chi connectivity index (χ1v) is 12.4. The van der Waals surface area contributed by atoms with E-state index >= 15 is 0 Å². The Balaban J connectivity index is 1.23. The van der Waals surface area contributed by atoms with E-state index in [2.05, 4.69) is 27.2 Å². The summed E-state index contributed by atoms with van der Waals surface area (Å²) in [5.74, 6) is 0.739.